The van der Waals surface area contributed by atoms with Gasteiger partial charge in [0, 0.05) is 52.1 Å². The number of ether oxygens (including phenoxy) is 1. The van der Waals surface area contributed by atoms with E-state index in [-0.39, 0.29) is 12.5 Å². The Labute approximate surface area is 251 Å². The van der Waals surface area contributed by atoms with Crippen molar-refractivity contribution >= 4 is 33.6 Å². The number of allylic oxidation sites excluding steroid dienone is 2. The molecule has 0 aliphatic rings. The van der Waals surface area contributed by atoms with Crippen LogP contribution in [-0.4, -0.2) is 83.7 Å². The van der Waals surface area contributed by atoms with Gasteiger partial charge in [-0.2, -0.15) is 4.98 Å². The molecule has 0 saturated heterocycles. The number of nitrogens with one attached hydrogen (secondary N) is 3. The van der Waals surface area contributed by atoms with Crippen LogP contribution >= 0.6 is 15.9 Å². The molecule has 1 atom stereocenters. The van der Waals surface area contributed by atoms with Gasteiger partial charge < -0.3 is 30.5 Å². The van der Waals surface area contributed by atoms with Crippen LogP contribution in [0.3, 0.4) is 0 Å². The topological polar surface area (TPSA) is 132 Å². The highest BCUT2D eigenvalue weighted by atomic mass is 79.9. The fraction of sp³-hybridized carbons (Fsp3) is 0.621. The summed E-state index contributed by atoms with van der Waals surface area (Å²) in [5.74, 6) is 3.47. The Balaban J connectivity index is -0.00000153. The Kier molecular flexibility index (Phi) is 32.6. The number of anilines is 2. The normalized spacial score (nSPS) is 11.0. The summed E-state index contributed by atoms with van der Waals surface area (Å²) >= 11 is 3.46. The second-order valence-electron chi connectivity index (χ2n) is 7.82. The number of amides is 1. The van der Waals surface area contributed by atoms with Crippen molar-refractivity contribution < 1.29 is 19.7 Å². The van der Waals surface area contributed by atoms with Crippen LogP contribution in [0.1, 0.15) is 67.7 Å². The van der Waals surface area contributed by atoms with Crippen LogP contribution in [0.15, 0.2) is 34.6 Å². The second kappa shape index (κ2) is 31.0. The number of rotatable bonds is 16. The number of halogens is 1. The van der Waals surface area contributed by atoms with E-state index in [2.05, 4.69) is 54.2 Å². The van der Waals surface area contributed by atoms with E-state index in [1.807, 2.05) is 45.9 Å². The Morgan fingerprint density at radius 1 is 1.32 bits per heavy atom. The van der Waals surface area contributed by atoms with Gasteiger partial charge in [-0.1, -0.05) is 39.3 Å². The molecule has 0 aromatic carbocycles. The smallest absolute Gasteiger partial charge is 0.229 e. The van der Waals surface area contributed by atoms with Gasteiger partial charge in [-0.15, -0.1) is 12.3 Å². The molecule has 0 fully saturated rings. The van der Waals surface area contributed by atoms with Crippen LogP contribution in [0.5, 0.6) is 0 Å². The molecule has 0 radical (unpaired) electrons. The van der Waals surface area contributed by atoms with E-state index in [1.165, 1.54) is 0 Å². The van der Waals surface area contributed by atoms with Gasteiger partial charge in [-0.05, 0) is 55.6 Å². The largest absolute Gasteiger partial charge is 0.397 e. The van der Waals surface area contributed by atoms with E-state index in [9.17, 15) is 9.90 Å². The zero-order valence-corrected chi connectivity index (χ0v) is 27.3. The molecule has 1 aromatic rings. The maximum Gasteiger partial charge on any atom is 0.229 e. The van der Waals surface area contributed by atoms with Crippen LogP contribution in [0.25, 0.3) is 0 Å². The summed E-state index contributed by atoms with van der Waals surface area (Å²) in [7, 11) is 1.79. The number of carbonyl (C=O) groups is 1. The average molecular weight is 630 g/mol. The number of nitrogens with zero attached hydrogens (tertiary/aromatic N) is 3. The van der Waals surface area contributed by atoms with Crippen molar-refractivity contribution in [3.63, 3.8) is 0 Å². The summed E-state index contributed by atoms with van der Waals surface area (Å²) in [6.07, 6.45) is 14.1. The lowest BCUT2D eigenvalue weighted by atomic mass is 10.3. The van der Waals surface area contributed by atoms with Crippen molar-refractivity contribution in [1.82, 2.24) is 20.2 Å². The first-order valence-electron chi connectivity index (χ1n) is 13.8. The first-order chi connectivity index (χ1) is 19.2. The monoisotopic (exact) mass is 628 g/mol. The lowest BCUT2D eigenvalue weighted by Crippen LogP contribution is -2.31. The third-order valence-corrected chi connectivity index (χ3v) is 5.09. The molecule has 1 unspecified atom stereocenters. The zero-order chi connectivity index (χ0) is 31.2. The minimum Gasteiger partial charge on any atom is -0.397 e. The van der Waals surface area contributed by atoms with Gasteiger partial charge in [0.1, 0.15) is 12.0 Å². The summed E-state index contributed by atoms with van der Waals surface area (Å²) in [6, 6.07) is 0. The molecule has 40 heavy (non-hydrogen) atoms. The molecule has 1 amide bonds. The van der Waals surface area contributed by atoms with Crippen LogP contribution in [0.4, 0.5) is 11.8 Å². The van der Waals surface area contributed by atoms with Crippen molar-refractivity contribution in [3.8, 4) is 12.3 Å². The third kappa shape index (κ3) is 25.8. The molecule has 0 aliphatic heterocycles. The fourth-order valence-corrected chi connectivity index (χ4v) is 2.90. The van der Waals surface area contributed by atoms with Gasteiger partial charge in [0.15, 0.2) is 0 Å². The van der Waals surface area contributed by atoms with Crippen LogP contribution in [-0.2, 0) is 9.53 Å². The highest BCUT2D eigenvalue weighted by Gasteiger charge is 2.06. The van der Waals surface area contributed by atoms with E-state index >= 15 is 0 Å². The molecule has 230 valence electrons. The van der Waals surface area contributed by atoms with Crippen LogP contribution in [0.2, 0.25) is 0 Å². The zero-order valence-electron chi connectivity index (χ0n) is 25.8. The van der Waals surface area contributed by atoms with Gasteiger partial charge >= 0.3 is 0 Å². The first kappa shape index (κ1) is 42.0. The summed E-state index contributed by atoms with van der Waals surface area (Å²) < 4.78 is 6.31. The Hall–Kier alpha value is -2.49. The SMILES string of the molecule is C#CC.C/C=C(\C=C/COCCNC(O)CCC)Nc1ncc(Br)c(NCCCN(C)C(C)=O)n1.CC.CCO. The summed E-state index contributed by atoms with van der Waals surface area (Å²) in [5.41, 5.74) is 0.849. The van der Waals surface area contributed by atoms with E-state index in [0.717, 1.165) is 29.4 Å². The van der Waals surface area contributed by atoms with Gasteiger partial charge in [0.2, 0.25) is 11.9 Å². The molecule has 11 heteroatoms. The van der Waals surface area contributed by atoms with Gasteiger partial charge in [-0.3, -0.25) is 10.1 Å². The van der Waals surface area contributed by atoms with Crippen molar-refractivity contribution in [2.45, 2.75) is 74.0 Å². The van der Waals surface area contributed by atoms with Crippen LogP contribution in [0, 0.1) is 12.3 Å². The highest BCUT2D eigenvalue weighted by molar-refractivity contribution is 9.10. The van der Waals surface area contributed by atoms with E-state index in [1.54, 1.807) is 38.9 Å². The van der Waals surface area contributed by atoms with E-state index in [4.69, 9.17) is 9.84 Å². The molecular weight excluding hydrogens is 576 g/mol. The number of hydrogen-bond donors (Lipinski definition) is 5. The molecule has 1 rings (SSSR count). The van der Waals surface area contributed by atoms with Crippen LogP contribution < -0.4 is 16.0 Å². The number of carbonyl (C=O) groups excluding carboxylic acids is 1. The number of aliphatic hydroxyl groups excluding tert-OH is 2. The molecule has 10 nitrogen and oxygen atoms in total. The molecule has 1 aromatic heterocycles. The molecule has 0 bridgehead atoms. The highest BCUT2D eigenvalue weighted by Crippen LogP contribution is 2.20. The molecular formula is C29H53BrN6O4. The second-order valence-corrected chi connectivity index (χ2v) is 8.68. The third-order valence-electron chi connectivity index (χ3n) is 4.51. The Bertz CT molecular complexity index is 846. The molecule has 0 spiro atoms. The lowest BCUT2D eigenvalue weighted by Gasteiger charge is -2.15. The molecule has 1 heterocycles. The van der Waals surface area contributed by atoms with Crippen molar-refractivity contribution in [2.75, 3.05) is 57.1 Å². The summed E-state index contributed by atoms with van der Waals surface area (Å²) in [5, 5.41) is 26.6. The maximum atomic E-state index is 11.3. The summed E-state index contributed by atoms with van der Waals surface area (Å²) in [6.45, 7) is 16.1. The lowest BCUT2D eigenvalue weighted by molar-refractivity contribution is -0.127. The number of terminal acetylenes is 1. The summed E-state index contributed by atoms with van der Waals surface area (Å²) in [4.78, 5) is 21.8. The number of hydrogen-bond acceptors (Lipinski definition) is 9. The van der Waals surface area contributed by atoms with Crippen molar-refractivity contribution in [2.24, 2.45) is 0 Å². The predicted octanol–water partition coefficient (Wildman–Crippen LogP) is 4.78. The fourth-order valence-electron chi connectivity index (χ4n) is 2.57. The Morgan fingerprint density at radius 3 is 2.50 bits per heavy atom. The van der Waals surface area contributed by atoms with E-state index < -0.39 is 6.23 Å². The molecule has 5 N–H and O–H groups in total. The van der Waals surface area contributed by atoms with Crippen molar-refractivity contribution in [1.29, 1.82) is 0 Å². The maximum absolute atomic E-state index is 11.3. The first-order valence-corrected chi connectivity index (χ1v) is 14.5. The predicted molar refractivity (Wildman–Crippen MR) is 171 cm³/mol. The van der Waals surface area contributed by atoms with Crippen molar-refractivity contribution in [3.05, 3.63) is 34.6 Å². The molecule has 0 aliphatic carbocycles. The standard InChI is InChI=1S/C22H37BrN6O3.C3H4.C2H6O.C2H6/c1-5-9-20(31)24-12-15-32-14-7-10-18(6-2)27-22-26-16-19(23)21(28-22)25-11-8-13-29(4)17(3)30;1-3-2;1-2-3;1-2/h6-7,10,16,20,24,31H,5,8-9,11-15H2,1-4H3,(H2,25,26,27,28);1H,2H3;3H,2H2,1H3;1-2H3/b10-7-,18-6+;;;. The quantitative estimate of drug-likeness (QED) is 0.0759. The van der Waals surface area contributed by atoms with Gasteiger partial charge in [-0.25, -0.2) is 4.98 Å². The Morgan fingerprint density at radius 2 is 1.95 bits per heavy atom. The number of aromatic nitrogens is 2. The number of aliphatic hydroxyl groups is 2. The average Bonchev–Trinajstić information content (AvgIpc) is 2.93. The molecule has 0 saturated carbocycles. The van der Waals surface area contributed by atoms with Gasteiger partial charge in [0.25, 0.3) is 0 Å². The van der Waals surface area contributed by atoms with E-state index in [0.29, 0.717) is 44.6 Å². The minimum atomic E-state index is -0.467. The van der Waals surface area contributed by atoms with Gasteiger partial charge in [0.05, 0.1) is 17.7 Å². The minimum absolute atomic E-state index is 0.0551.